The van der Waals surface area contributed by atoms with Gasteiger partial charge in [0.15, 0.2) is 6.61 Å². The lowest BCUT2D eigenvalue weighted by Gasteiger charge is -2.25. The van der Waals surface area contributed by atoms with Crippen molar-refractivity contribution in [1.29, 1.82) is 0 Å². The van der Waals surface area contributed by atoms with Crippen LogP contribution in [-0.4, -0.2) is 51.8 Å². The van der Waals surface area contributed by atoms with Crippen LogP contribution in [0.1, 0.15) is 36.1 Å². The molecule has 39 heavy (non-hydrogen) atoms. The lowest BCUT2D eigenvalue weighted by atomic mass is 10.0. The van der Waals surface area contributed by atoms with Crippen molar-refractivity contribution in [2.75, 3.05) is 30.6 Å². The molecule has 0 spiro atoms. The SMILES string of the molecule is CCOC(=O)COc1ccc2c(c1)CC(NC[C@H](O)c1cccc(Cl)c1)CCN2S(=O)(=O)c1ccc(C)cc1. The second-order valence-corrected chi connectivity index (χ2v) is 11.7. The number of rotatable bonds is 10. The predicted octanol–water partition coefficient (Wildman–Crippen LogP) is 4.42. The van der Waals surface area contributed by atoms with E-state index in [2.05, 4.69) is 5.32 Å². The minimum absolute atomic E-state index is 0.129. The van der Waals surface area contributed by atoms with Gasteiger partial charge in [-0.1, -0.05) is 41.4 Å². The summed E-state index contributed by atoms with van der Waals surface area (Å²) in [5.74, 6) is -0.0420. The highest BCUT2D eigenvalue weighted by Crippen LogP contribution is 2.34. The van der Waals surface area contributed by atoms with Crippen molar-refractivity contribution >= 4 is 33.3 Å². The molecule has 2 atom stereocenters. The Morgan fingerprint density at radius 2 is 1.92 bits per heavy atom. The number of fused-ring (bicyclic) bond motifs is 1. The summed E-state index contributed by atoms with van der Waals surface area (Å²) in [4.78, 5) is 12.0. The number of nitrogens with one attached hydrogen (secondary N) is 1. The second kappa shape index (κ2) is 12.8. The standard InChI is InChI=1S/C29H33ClN2O6S/c1-3-37-29(34)19-38-25-9-12-27-22(17-25)16-24(31-18-28(33)21-5-4-6-23(30)15-21)13-14-32(27)39(35,36)26-10-7-20(2)8-11-26/h4-12,15,17,24,28,31,33H,3,13-14,16,18-19H2,1-2H3/t24?,28-/m0/s1. The van der Waals surface area contributed by atoms with Gasteiger partial charge in [-0.2, -0.15) is 0 Å². The number of ether oxygens (including phenoxy) is 2. The number of carbonyl (C=O) groups is 1. The van der Waals surface area contributed by atoms with Crippen molar-refractivity contribution in [2.45, 2.75) is 43.7 Å². The summed E-state index contributed by atoms with van der Waals surface area (Å²) < 4.78 is 39.5. The van der Waals surface area contributed by atoms with Gasteiger partial charge in [0, 0.05) is 24.2 Å². The number of aliphatic hydroxyl groups is 1. The van der Waals surface area contributed by atoms with Gasteiger partial charge in [-0.05, 0) is 80.3 Å². The molecule has 1 heterocycles. The van der Waals surface area contributed by atoms with Crippen LogP contribution in [0.5, 0.6) is 5.75 Å². The summed E-state index contributed by atoms with van der Waals surface area (Å²) in [5, 5.41) is 14.7. The highest BCUT2D eigenvalue weighted by atomic mass is 35.5. The van der Waals surface area contributed by atoms with E-state index in [0.29, 0.717) is 34.9 Å². The van der Waals surface area contributed by atoms with E-state index in [1.54, 1.807) is 67.6 Å². The molecule has 0 saturated heterocycles. The van der Waals surface area contributed by atoms with Gasteiger partial charge in [0.05, 0.1) is 23.3 Å². The first-order valence-electron chi connectivity index (χ1n) is 12.8. The average molecular weight is 573 g/mol. The minimum Gasteiger partial charge on any atom is -0.482 e. The first-order valence-corrected chi connectivity index (χ1v) is 14.7. The molecule has 0 amide bonds. The number of aryl methyl sites for hydroxylation is 1. The fourth-order valence-electron chi connectivity index (χ4n) is 4.54. The molecular weight excluding hydrogens is 540 g/mol. The lowest BCUT2D eigenvalue weighted by molar-refractivity contribution is -0.145. The molecule has 0 fully saturated rings. The number of aliphatic hydroxyl groups excluding tert-OH is 1. The van der Waals surface area contributed by atoms with E-state index >= 15 is 0 Å². The summed E-state index contributed by atoms with van der Waals surface area (Å²) in [5.41, 5.74) is 2.97. The van der Waals surface area contributed by atoms with E-state index in [4.69, 9.17) is 21.1 Å². The van der Waals surface area contributed by atoms with Gasteiger partial charge in [0.2, 0.25) is 0 Å². The summed E-state index contributed by atoms with van der Waals surface area (Å²) in [6, 6.07) is 18.9. The van der Waals surface area contributed by atoms with Crippen molar-refractivity contribution in [1.82, 2.24) is 5.32 Å². The van der Waals surface area contributed by atoms with Crippen LogP contribution in [0.15, 0.2) is 71.6 Å². The van der Waals surface area contributed by atoms with E-state index < -0.39 is 22.1 Å². The maximum atomic E-state index is 13.7. The minimum atomic E-state index is -3.84. The molecule has 4 rings (SSSR count). The first kappa shape index (κ1) is 28.9. The zero-order chi connectivity index (χ0) is 28.0. The van der Waals surface area contributed by atoms with E-state index in [-0.39, 0.29) is 37.2 Å². The van der Waals surface area contributed by atoms with E-state index in [1.807, 2.05) is 13.0 Å². The highest BCUT2D eigenvalue weighted by molar-refractivity contribution is 7.92. The fourth-order valence-corrected chi connectivity index (χ4v) is 6.25. The molecule has 208 valence electrons. The smallest absolute Gasteiger partial charge is 0.344 e. The van der Waals surface area contributed by atoms with E-state index in [1.165, 1.54) is 4.31 Å². The largest absolute Gasteiger partial charge is 0.482 e. The third-order valence-electron chi connectivity index (χ3n) is 6.57. The van der Waals surface area contributed by atoms with Gasteiger partial charge in [0.25, 0.3) is 10.0 Å². The second-order valence-electron chi connectivity index (χ2n) is 9.44. The number of carbonyl (C=O) groups excluding carboxylic acids is 1. The molecule has 2 N–H and O–H groups in total. The number of nitrogens with zero attached hydrogens (tertiary/aromatic N) is 1. The predicted molar refractivity (Wildman–Crippen MR) is 151 cm³/mol. The van der Waals surface area contributed by atoms with Crippen molar-refractivity contribution < 1.29 is 27.8 Å². The number of benzene rings is 3. The van der Waals surface area contributed by atoms with Crippen LogP contribution >= 0.6 is 11.6 Å². The Hall–Kier alpha value is -3.11. The summed E-state index contributed by atoms with van der Waals surface area (Å²) >= 11 is 6.08. The van der Waals surface area contributed by atoms with Gasteiger partial charge < -0.3 is 19.9 Å². The zero-order valence-electron chi connectivity index (χ0n) is 22.0. The lowest BCUT2D eigenvalue weighted by Crippen LogP contribution is -2.37. The molecule has 1 aliphatic heterocycles. The molecule has 10 heteroatoms. The molecular formula is C29H33ClN2O6S. The third kappa shape index (κ3) is 7.30. The average Bonchev–Trinajstić information content (AvgIpc) is 3.10. The van der Waals surface area contributed by atoms with Gasteiger partial charge in [-0.25, -0.2) is 13.2 Å². The van der Waals surface area contributed by atoms with Crippen LogP contribution < -0.4 is 14.4 Å². The first-order chi connectivity index (χ1) is 18.7. The molecule has 8 nitrogen and oxygen atoms in total. The summed E-state index contributed by atoms with van der Waals surface area (Å²) in [7, 11) is -3.84. The molecule has 1 unspecified atom stereocenters. The maximum absolute atomic E-state index is 13.7. The Kier molecular flexibility index (Phi) is 9.50. The maximum Gasteiger partial charge on any atom is 0.344 e. The number of sulfonamides is 1. The van der Waals surface area contributed by atoms with Crippen LogP contribution in [0.3, 0.4) is 0 Å². The zero-order valence-corrected chi connectivity index (χ0v) is 23.5. The molecule has 0 bridgehead atoms. The summed E-state index contributed by atoms with van der Waals surface area (Å²) in [6.07, 6.45) is 0.230. The number of halogens is 1. The molecule has 3 aromatic rings. The van der Waals surface area contributed by atoms with Gasteiger partial charge >= 0.3 is 5.97 Å². The van der Waals surface area contributed by atoms with Gasteiger partial charge in [-0.15, -0.1) is 0 Å². The molecule has 0 saturated carbocycles. The van der Waals surface area contributed by atoms with Crippen LogP contribution in [-0.2, 0) is 26.0 Å². The van der Waals surface area contributed by atoms with Gasteiger partial charge in [0.1, 0.15) is 5.75 Å². The monoisotopic (exact) mass is 572 g/mol. The normalized spacial score (nSPS) is 16.2. The topological polar surface area (TPSA) is 105 Å². The quantitative estimate of drug-likeness (QED) is 0.346. The van der Waals surface area contributed by atoms with Crippen molar-refractivity contribution in [2.24, 2.45) is 0 Å². The Balaban J connectivity index is 1.59. The molecule has 1 aliphatic rings. The number of esters is 1. The Morgan fingerprint density at radius 3 is 2.64 bits per heavy atom. The molecule has 3 aromatic carbocycles. The fraction of sp³-hybridized carbons (Fsp3) is 0.345. The van der Waals surface area contributed by atoms with Crippen LogP contribution in [0, 0.1) is 6.92 Å². The van der Waals surface area contributed by atoms with Crippen molar-refractivity contribution in [3.05, 3.63) is 88.4 Å². The summed E-state index contributed by atoms with van der Waals surface area (Å²) in [6.45, 7) is 4.16. The van der Waals surface area contributed by atoms with E-state index in [0.717, 1.165) is 11.1 Å². The van der Waals surface area contributed by atoms with Crippen LogP contribution in [0.4, 0.5) is 5.69 Å². The number of hydrogen-bond acceptors (Lipinski definition) is 7. The highest BCUT2D eigenvalue weighted by Gasteiger charge is 2.31. The van der Waals surface area contributed by atoms with Crippen molar-refractivity contribution in [3.63, 3.8) is 0 Å². The van der Waals surface area contributed by atoms with Crippen molar-refractivity contribution in [3.8, 4) is 5.75 Å². The Labute approximate surface area is 234 Å². The molecule has 0 aliphatic carbocycles. The van der Waals surface area contributed by atoms with Crippen LogP contribution in [0.2, 0.25) is 5.02 Å². The third-order valence-corrected chi connectivity index (χ3v) is 8.63. The van der Waals surface area contributed by atoms with Crippen LogP contribution in [0.25, 0.3) is 0 Å². The number of anilines is 1. The molecule has 0 radical (unpaired) electrons. The number of hydrogen-bond donors (Lipinski definition) is 2. The Morgan fingerprint density at radius 1 is 1.15 bits per heavy atom. The Bertz CT molecular complexity index is 1400. The van der Waals surface area contributed by atoms with Gasteiger partial charge in [-0.3, -0.25) is 4.31 Å². The molecule has 0 aromatic heterocycles. The van der Waals surface area contributed by atoms with E-state index in [9.17, 15) is 18.3 Å².